The van der Waals surface area contributed by atoms with Gasteiger partial charge in [0.25, 0.3) is 0 Å². The van der Waals surface area contributed by atoms with E-state index in [0.29, 0.717) is 17.9 Å². The van der Waals surface area contributed by atoms with Crippen LogP contribution in [0.25, 0.3) is 0 Å². The molecule has 1 aliphatic heterocycles. The number of aliphatic hydroxyl groups excluding tert-OH is 1. The minimum Gasteiger partial charge on any atom is -0.398 e. The van der Waals surface area contributed by atoms with Crippen LogP contribution >= 0.6 is 0 Å². The lowest BCUT2D eigenvalue weighted by atomic mass is 9.95. The van der Waals surface area contributed by atoms with Gasteiger partial charge in [0.1, 0.15) is 0 Å². The zero-order valence-electron chi connectivity index (χ0n) is 7.89. The van der Waals surface area contributed by atoms with E-state index in [1.807, 2.05) is 0 Å². The van der Waals surface area contributed by atoms with Crippen LogP contribution in [0.1, 0.15) is 18.1 Å². The molecule has 1 aromatic heterocycles. The normalized spacial score (nSPS) is 23.6. The lowest BCUT2D eigenvalue weighted by Crippen LogP contribution is -2.14. The van der Waals surface area contributed by atoms with Crippen LogP contribution in [0.2, 0.25) is 0 Å². The average Bonchev–Trinajstić information content (AvgIpc) is 2.70. The predicted molar refractivity (Wildman–Crippen MR) is 52.5 cm³/mol. The summed E-state index contributed by atoms with van der Waals surface area (Å²) in [6, 6.07) is 1.70. The maximum atomic E-state index is 10.0. The molecule has 0 amide bonds. The molecule has 2 atom stereocenters. The highest BCUT2D eigenvalue weighted by Crippen LogP contribution is 2.30. The number of aromatic nitrogens is 1. The number of nitrogens with zero attached hydrogens (tertiary/aromatic N) is 1. The monoisotopic (exact) mass is 194 g/mol. The number of rotatable bonds is 2. The van der Waals surface area contributed by atoms with Crippen LogP contribution in [0.3, 0.4) is 0 Å². The highest BCUT2D eigenvalue weighted by molar-refractivity contribution is 5.45. The lowest BCUT2D eigenvalue weighted by Gasteiger charge is -2.17. The van der Waals surface area contributed by atoms with Crippen molar-refractivity contribution < 1.29 is 9.84 Å². The molecule has 76 valence electrons. The molecule has 1 aromatic rings. The summed E-state index contributed by atoms with van der Waals surface area (Å²) >= 11 is 0. The van der Waals surface area contributed by atoms with E-state index >= 15 is 0 Å². The number of ether oxygens (including phenoxy) is 1. The molecule has 2 unspecified atom stereocenters. The number of nitrogens with two attached hydrogens (primary N) is 1. The topological polar surface area (TPSA) is 68.4 Å². The van der Waals surface area contributed by atoms with Gasteiger partial charge in [-0.15, -0.1) is 0 Å². The van der Waals surface area contributed by atoms with Gasteiger partial charge in [-0.3, -0.25) is 4.98 Å². The number of nitrogen functional groups attached to an aromatic ring is 1. The van der Waals surface area contributed by atoms with Gasteiger partial charge in [0.05, 0.1) is 12.7 Å². The van der Waals surface area contributed by atoms with Crippen molar-refractivity contribution in [2.75, 3.05) is 18.9 Å². The third-order valence-corrected chi connectivity index (χ3v) is 2.62. The van der Waals surface area contributed by atoms with Crippen LogP contribution in [-0.4, -0.2) is 23.3 Å². The third kappa shape index (κ3) is 1.71. The smallest absolute Gasteiger partial charge is 0.0876 e. The van der Waals surface area contributed by atoms with Crippen molar-refractivity contribution in [3.63, 3.8) is 0 Å². The Morgan fingerprint density at radius 2 is 2.50 bits per heavy atom. The second kappa shape index (κ2) is 3.94. The van der Waals surface area contributed by atoms with E-state index in [9.17, 15) is 5.11 Å². The van der Waals surface area contributed by atoms with Gasteiger partial charge in [0.15, 0.2) is 0 Å². The van der Waals surface area contributed by atoms with Crippen LogP contribution < -0.4 is 5.73 Å². The van der Waals surface area contributed by atoms with Crippen molar-refractivity contribution in [1.82, 2.24) is 4.98 Å². The van der Waals surface area contributed by atoms with E-state index in [4.69, 9.17) is 10.5 Å². The second-order valence-corrected chi connectivity index (χ2v) is 3.57. The zero-order valence-corrected chi connectivity index (χ0v) is 7.89. The fraction of sp³-hybridized carbons (Fsp3) is 0.500. The van der Waals surface area contributed by atoms with Gasteiger partial charge in [-0.2, -0.15) is 0 Å². The number of aliphatic hydroxyl groups is 1. The molecule has 4 nitrogen and oxygen atoms in total. The summed E-state index contributed by atoms with van der Waals surface area (Å²) in [7, 11) is 0. The minimum absolute atomic E-state index is 0.154. The summed E-state index contributed by atoms with van der Waals surface area (Å²) in [5, 5.41) is 10.0. The Labute approximate surface area is 82.7 Å². The summed E-state index contributed by atoms with van der Waals surface area (Å²) in [4.78, 5) is 3.96. The molecule has 4 heteroatoms. The summed E-state index contributed by atoms with van der Waals surface area (Å²) in [5.74, 6) is 0.154. The molecule has 3 N–H and O–H groups in total. The number of anilines is 1. The molecule has 2 heterocycles. The predicted octanol–water partition coefficient (Wildman–Crippen LogP) is 0.734. The molecule has 0 spiro atoms. The van der Waals surface area contributed by atoms with Crippen LogP contribution in [0.15, 0.2) is 18.5 Å². The zero-order chi connectivity index (χ0) is 9.97. The summed E-state index contributed by atoms with van der Waals surface area (Å²) in [6.07, 6.45) is 3.58. The Bertz CT molecular complexity index is 311. The van der Waals surface area contributed by atoms with Crippen LogP contribution in [0, 0.1) is 5.92 Å². The fourth-order valence-corrected chi connectivity index (χ4v) is 1.72. The Hall–Kier alpha value is -1.13. The molecule has 0 aliphatic carbocycles. The largest absolute Gasteiger partial charge is 0.398 e. The van der Waals surface area contributed by atoms with Crippen molar-refractivity contribution >= 4 is 5.69 Å². The molecule has 0 saturated carbocycles. The Morgan fingerprint density at radius 1 is 1.64 bits per heavy atom. The van der Waals surface area contributed by atoms with Crippen molar-refractivity contribution in [3.05, 3.63) is 24.0 Å². The number of hydrogen-bond acceptors (Lipinski definition) is 4. The summed E-state index contributed by atoms with van der Waals surface area (Å²) < 4.78 is 5.22. The Kier molecular flexibility index (Phi) is 2.65. The molecule has 14 heavy (non-hydrogen) atoms. The molecule has 1 aliphatic rings. The first-order valence-corrected chi connectivity index (χ1v) is 4.74. The van der Waals surface area contributed by atoms with Crippen molar-refractivity contribution in [1.29, 1.82) is 0 Å². The van der Waals surface area contributed by atoms with Gasteiger partial charge >= 0.3 is 0 Å². The fourth-order valence-electron chi connectivity index (χ4n) is 1.72. The summed E-state index contributed by atoms with van der Waals surface area (Å²) in [5.41, 5.74) is 7.06. The number of pyridine rings is 1. The highest BCUT2D eigenvalue weighted by atomic mass is 16.5. The van der Waals surface area contributed by atoms with E-state index in [0.717, 1.165) is 13.0 Å². The third-order valence-electron chi connectivity index (χ3n) is 2.62. The first-order chi connectivity index (χ1) is 6.79. The molecule has 0 radical (unpaired) electrons. The first-order valence-electron chi connectivity index (χ1n) is 4.74. The first kappa shape index (κ1) is 9.43. The Morgan fingerprint density at radius 3 is 3.14 bits per heavy atom. The summed E-state index contributed by atoms with van der Waals surface area (Å²) in [6.45, 7) is 1.33. The second-order valence-electron chi connectivity index (χ2n) is 3.57. The average molecular weight is 194 g/mol. The van der Waals surface area contributed by atoms with E-state index in [1.165, 1.54) is 0 Å². The Balaban J connectivity index is 2.17. The minimum atomic E-state index is -0.550. The lowest BCUT2D eigenvalue weighted by molar-refractivity contribution is 0.0921. The maximum Gasteiger partial charge on any atom is 0.0876 e. The van der Waals surface area contributed by atoms with Crippen molar-refractivity contribution in [3.8, 4) is 0 Å². The molecule has 0 bridgehead atoms. The quantitative estimate of drug-likeness (QED) is 0.728. The van der Waals surface area contributed by atoms with Crippen LogP contribution in [0.5, 0.6) is 0 Å². The van der Waals surface area contributed by atoms with Gasteiger partial charge in [-0.1, -0.05) is 0 Å². The molecular formula is C10H14N2O2. The highest BCUT2D eigenvalue weighted by Gasteiger charge is 2.26. The van der Waals surface area contributed by atoms with Crippen molar-refractivity contribution in [2.45, 2.75) is 12.5 Å². The van der Waals surface area contributed by atoms with Crippen LogP contribution in [0.4, 0.5) is 5.69 Å². The van der Waals surface area contributed by atoms with Gasteiger partial charge in [0.2, 0.25) is 0 Å². The SMILES string of the molecule is Nc1ccncc1C(O)C1CCOC1. The van der Waals surface area contributed by atoms with Gasteiger partial charge in [-0.25, -0.2) is 0 Å². The standard InChI is InChI=1S/C10H14N2O2/c11-9-1-3-12-5-8(9)10(13)7-2-4-14-6-7/h1,3,5,7,10,13H,2,4,6H2,(H2,11,12). The maximum absolute atomic E-state index is 10.0. The van der Waals surface area contributed by atoms with Gasteiger partial charge in [-0.05, 0) is 12.5 Å². The molecule has 0 aromatic carbocycles. The molecule has 2 rings (SSSR count). The van der Waals surface area contributed by atoms with Gasteiger partial charge < -0.3 is 15.6 Å². The van der Waals surface area contributed by atoms with E-state index in [1.54, 1.807) is 18.5 Å². The number of hydrogen-bond donors (Lipinski definition) is 2. The van der Waals surface area contributed by atoms with E-state index in [2.05, 4.69) is 4.98 Å². The molecule has 1 fully saturated rings. The molecular weight excluding hydrogens is 180 g/mol. The van der Waals surface area contributed by atoms with Crippen molar-refractivity contribution in [2.24, 2.45) is 5.92 Å². The molecule has 1 saturated heterocycles. The van der Waals surface area contributed by atoms with E-state index < -0.39 is 6.10 Å². The van der Waals surface area contributed by atoms with E-state index in [-0.39, 0.29) is 5.92 Å². The van der Waals surface area contributed by atoms with Crippen LogP contribution in [-0.2, 0) is 4.74 Å². The van der Waals surface area contributed by atoms with Gasteiger partial charge in [0, 0.05) is 36.2 Å².